The molecule has 0 amide bonds. The van der Waals surface area contributed by atoms with Gasteiger partial charge in [-0.05, 0) is 39.5 Å². The normalized spacial score (nSPS) is 19.9. The summed E-state index contributed by atoms with van der Waals surface area (Å²) in [6, 6.07) is 0. The SMILES string of the molecule is CCOC(=O)c1oc2c(c1C)-c1[nH][n+](CC3CC3)cc1C1(CC1)C2. The van der Waals surface area contributed by atoms with Gasteiger partial charge in [-0.15, -0.1) is 4.68 Å². The van der Waals surface area contributed by atoms with Gasteiger partial charge in [0.2, 0.25) is 5.76 Å². The molecule has 2 saturated carbocycles. The molecule has 0 aliphatic heterocycles. The van der Waals surface area contributed by atoms with Crippen LogP contribution in [0.1, 0.15) is 60.0 Å². The molecule has 3 aliphatic carbocycles. The van der Waals surface area contributed by atoms with E-state index in [0.29, 0.717) is 12.4 Å². The lowest BCUT2D eigenvalue weighted by molar-refractivity contribution is -0.752. The Labute approximate surface area is 141 Å². The number of rotatable bonds is 4. The third kappa shape index (κ3) is 2.00. The van der Waals surface area contributed by atoms with Crippen LogP contribution in [0.4, 0.5) is 0 Å². The molecule has 1 spiro atoms. The highest BCUT2D eigenvalue weighted by atomic mass is 16.5. The molecule has 126 valence electrons. The molecule has 2 aromatic rings. The number of nitrogens with one attached hydrogen (secondary N) is 1. The highest BCUT2D eigenvalue weighted by Gasteiger charge is 2.53. The minimum absolute atomic E-state index is 0.226. The Morgan fingerprint density at radius 3 is 2.92 bits per heavy atom. The van der Waals surface area contributed by atoms with Gasteiger partial charge in [-0.1, -0.05) is 0 Å². The maximum absolute atomic E-state index is 12.2. The zero-order valence-corrected chi connectivity index (χ0v) is 14.3. The van der Waals surface area contributed by atoms with Gasteiger partial charge in [-0.25, -0.2) is 4.79 Å². The summed E-state index contributed by atoms with van der Waals surface area (Å²) in [5.41, 5.74) is 4.78. The molecule has 2 fully saturated rings. The molecule has 2 heterocycles. The molecule has 2 aromatic heterocycles. The number of furan rings is 1. The smallest absolute Gasteiger partial charge is 0.374 e. The van der Waals surface area contributed by atoms with Gasteiger partial charge in [0.15, 0.2) is 12.7 Å². The molecular weight excluding hydrogens is 304 g/mol. The Balaban J connectivity index is 1.61. The lowest BCUT2D eigenvalue weighted by atomic mass is 9.82. The number of aromatic nitrogens is 2. The third-order valence-corrected chi connectivity index (χ3v) is 5.82. The Hall–Kier alpha value is -2.04. The predicted molar refractivity (Wildman–Crippen MR) is 86.7 cm³/mol. The molecule has 24 heavy (non-hydrogen) atoms. The highest BCUT2D eigenvalue weighted by Crippen LogP contribution is 2.57. The van der Waals surface area contributed by atoms with Crippen LogP contribution < -0.4 is 4.68 Å². The van der Waals surface area contributed by atoms with E-state index < -0.39 is 0 Å². The molecule has 0 bridgehead atoms. The van der Waals surface area contributed by atoms with Crippen LogP contribution in [0.3, 0.4) is 0 Å². The van der Waals surface area contributed by atoms with E-state index in [1.165, 1.54) is 31.2 Å². The number of fused-ring (bicyclic) bond motifs is 4. The Morgan fingerprint density at radius 1 is 1.46 bits per heavy atom. The van der Waals surface area contributed by atoms with Crippen molar-refractivity contribution < 1.29 is 18.6 Å². The van der Waals surface area contributed by atoms with Crippen LogP contribution in [0.15, 0.2) is 10.6 Å². The lowest BCUT2D eigenvalue weighted by Crippen LogP contribution is -2.36. The summed E-state index contributed by atoms with van der Waals surface area (Å²) in [6.45, 7) is 5.22. The summed E-state index contributed by atoms with van der Waals surface area (Å²) >= 11 is 0. The molecular formula is C19H23N2O3+. The second-order valence-electron chi connectivity index (χ2n) is 7.66. The number of carbonyl (C=O) groups is 1. The fourth-order valence-corrected chi connectivity index (χ4v) is 4.14. The third-order valence-electron chi connectivity index (χ3n) is 5.82. The van der Waals surface area contributed by atoms with Crippen LogP contribution in [0, 0.1) is 12.8 Å². The number of nitrogens with zero attached hydrogens (tertiary/aromatic N) is 1. The van der Waals surface area contributed by atoms with Crippen molar-refractivity contribution in [3.63, 3.8) is 0 Å². The Kier molecular flexibility index (Phi) is 2.83. The second kappa shape index (κ2) is 4.74. The van der Waals surface area contributed by atoms with Gasteiger partial charge in [0, 0.05) is 28.9 Å². The van der Waals surface area contributed by atoms with Gasteiger partial charge in [0.25, 0.3) is 0 Å². The monoisotopic (exact) mass is 327 g/mol. The van der Waals surface area contributed by atoms with Crippen LogP contribution in [0.25, 0.3) is 11.3 Å². The van der Waals surface area contributed by atoms with E-state index in [-0.39, 0.29) is 11.4 Å². The van der Waals surface area contributed by atoms with Crippen LogP contribution in [-0.4, -0.2) is 17.7 Å². The number of aromatic amines is 1. The number of hydrogen-bond donors (Lipinski definition) is 1. The minimum Gasteiger partial charge on any atom is -0.460 e. The predicted octanol–water partition coefficient (Wildman–Crippen LogP) is 3.05. The molecule has 0 atom stereocenters. The quantitative estimate of drug-likeness (QED) is 0.693. The largest absolute Gasteiger partial charge is 0.460 e. The zero-order chi connectivity index (χ0) is 16.5. The van der Waals surface area contributed by atoms with E-state index in [2.05, 4.69) is 16.0 Å². The second-order valence-corrected chi connectivity index (χ2v) is 7.66. The maximum atomic E-state index is 12.2. The van der Waals surface area contributed by atoms with E-state index in [1.54, 1.807) is 0 Å². The van der Waals surface area contributed by atoms with E-state index in [1.807, 2.05) is 13.8 Å². The maximum Gasteiger partial charge on any atom is 0.374 e. The summed E-state index contributed by atoms with van der Waals surface area (Å²) in [4.78, 5) is 12.2. The summed E-state index contributed by atoms with van der Waals surface area (Å²) in [6.07, 6.45) is 8.29. The molecule has 3 aliphatic rings. The van der Waals surface area contributed by atoms with Gasteiger partial charge in [-0.2, -0.15) is 5.10 Å². The number of carbonyl (C=O) groups excluding carboxylic acids is 1. The zero-order valence-electron chi connectivity index (χ0n) is 14.3. The van der Waals surface area contributed by atoms with Crippen molar-refractivity contribution in [2.24, 2.45) is 5.92 Å². The molecule has 0 unspecified atom stereocenters. The van der Waals surface area contributed by atoms with Crippen molar-refractivity contribution in [3.8, 4) is 11.3 Å². The first-order chi connectivity index (χ1) is 11.6. The van der Waals surface area contributed by atoms with Gasteiger partial charge >= 0.3 is 5.97 Å². The van der Waals surface area contributed by atoms with E-state index in [0.717, 1.165) is 41.5 Å². The first kappa shape index (κ1) is 14.3. The number of esters is 1. The highest BCUT2D eigenvalue weighted by molar-refractivity contribution is 5.91. The molecule has 0 aromatic carbocycles. The Morgan fingerprint density at radius 2 is 2.25 bits per heavy atom. The molecule has 1 N–H and O–H groups in total. The van der Waals surface area contributed by atoms with E-state index >= 15 is 0 Å². The number of hydrogen-bond acceptors (Lipinski definition) is 3. The van der Waals surface area contributed by atoms with Crippen LogP contribution in [-0.2, 0) is 23.1 Å². The topological polar surface area (TPSA) is 59.1 Å². The summed E-state index contributed by atoms with van der Waals surface area (Å²) in [7, 11) is 0. The van der Waals surface area contributed by atoms with Crippen LogP contribution in [0.2, 0.25) is 0 Å². The van der Waals surface area contributed by atoms with Gasteiger partial charge in [0.1, 0.15) is 11.5 Å². The van der Waals surface area contributed by atoms with E-state index in [4.69, 9.17) is 9.15 Å². The first-order valence-electron chi connectivity index (χ1n) is 9.04. The molecule has 5 rings (SSSR count). The molecule has 5 heteroatoms. The van der Waals surface area contributed by atoms with E-state index in [9.17, 15) is 4.79 Å². The number of H-pyrrole nitrogens is 1. The minimum atomic E-state index is -0.354. The van der Waals surface area contributed by atoms with Crippen molar-refractivity contribution >= 4 is 5.97 Å². The van der Waals surface area contributed by atoms with Crippen molar-refractivity contribution in [1.82, 2.24) is 5.10 Å². The number of ether oxygens (including phenoxy) is 1. The van der Waals surface area contributed by atoms with Crippen LogP contribution >= 0.6 is 0 Å². The average Bonchev–Trinajstić information content (AvgIpc) is 3.43. The van der Waals surface area contributed by atoms with Crippen molar-refractivity contribution in [2.45, 2.75) is 57.9 Å². The molecule has 0 saturated heterocycles. The van der Waals surface area contributed by atoms with Gasteiger partial charge < -0.3 is 9.15 Å². The van der Waals surface area contributed by atoms with Gasteiger partial charge in [-0.3, -0.25) is 0 Å². The standard InChI is InChI=1S/C19H22N2O3/c1-3-23-18(22)17-11(2)15-14(24-17)8-19(6-7-19)13-10-21(20-16(13)15)9-12-4-5-12/h10,12H,3-9H2,1-2H3/p+1. The van der Waals surface area contributed by atoms with Crippen molar-refractivity contribution in [2.75, 3.05) is 6.61 Å². The Bertz CT molecular complexity index is 837. The van der Waals surface area contributed by atoms with Crippen molar-refractivity contribution in [1.29, 1.82) is 0 Å². The molecule has 0 radical (unpaired) electrons. The molecule has 5 nitrogen and oxygen atoms in total. The van der Waals surface area contributed by atoms with Crippen molar-refractivity contribution in [3.05, 3.63) is 28.8 Å². The van der Waals surface area contributed by atoms with Crippen LogP contribution in [0.5, 0.6) is 0 Å². The fourth-order valence-electron chi connectivity index (χ4n) is 4.14. The summed E-state index contributed by atoms with van der Waals surface area (Å²) in [5, 5.41) is 3.59. The summed E-state index contributed by atoms with van der Waals surface area (Å²) < 4.78 is 13.4. The average molecular weight is 327 g/mol. The fraction of sp³-hybridized carbons (Fsp3) is 0.579. The first-order valence-corrected chi connectivity index (χ1v) is 9.04. The summed E-state index contributed by atoms with van der Waals surface area (Å²) in [5.74, 6) is 1.79. The van der Waals surface area contributed by atoms with Gasteiger partial charge in [0.05, 0.1) is 12.2 Å². The lowest BCUT2D eigenvalue weighted by Gasteiger charge is -2.18.